The number of benzene rings is 1. The minimum absolute atomic E-state index is 0.0150. The van der Waals surface area contributed by atoms with E-state index in [1.807, 2.05) is 25.1 Å². The van der Waals surface area contributed by atoms with E-state index in [2.05, 4.69) is 0 Å². The first-order chi connectivity index (χ1) is 10.5. The van der Waals surface area contributed by atoms with Crippen LogP contribution in [0.1, 0.15) is 28.8 Å². The summed E-state index contributed by atoms with van der Waals surface area (Å²) < 4.78 is 0. The molecular weight excluding hydrogens is 284 g/mol. The number of nitrogens with zero attached hydrogens (tertiary/aromatic N) is 2. The van der Waals surface area contributed by atoms with Crippen molar-refractivity contribution in [3.05, 3.63) is 35.4 Å². The maximum Gasteiger partial charge on any atom is 0.303 e. The van der Waals surface area contributed by atoms with E-state index in [1.165, 1.54) is 0 Å². The second-order valence-electron chi connectivity index (χ2n) is 5.44. The summed E-state index contributed by atoms with van der Waals surface area (Å²) in [6, 6.07) is 7.44. The van der Waals surface area contributed by atoms with Gasteiger partial charge >= 0.3 is 5.97 Å². The Morgan fingerprint density at radius 3 is 2.27 bits per heavy atom. The SMILES string of the molecule is Cc1cccc(C(=O)N2CCN(C(=O)CCC(=O)O)CC2)c1. The molecule has 1 aliphatic heterocycles. The fourth-order valence-corrected chi connectivity index (χ4v) is 2.49. The first-order valence-corrected chi connectivity index (χ1v) is 7.33. The molecule has 0 aliphatic carbocycles. The van der Waals surface area contributed by atoms with E-state index in [4.69, 9.17) is 5.11 Å². The third-order valence-electron chi connectivity index (χ3n) is 3.74. The van der Waals surface area contributed by atoms with E-state index in [1.54, 1.807) is 15.9 Å². The van der Waals surface area contributed by atoms with Crippen molar-refractivity contribution in [1.82, 2.24) is 9.80 Å². The zero-order valence-electron chi connectivity index (χ0n) is 12.6. The van der Waals surface area contributed by atoms with Gasteiger partial charge < -0.3 is 14.9 Å². The van der Waals surface area contributed by atoms with Gasteiger partial charge in [0.2, 0.25) is 5.91 Å². The van der Waals surface area contributed by atoms with Crippen molar-refractivity contribution < 1.29 is 19.5 Å². The Hall–Kier alpha value is -2.37. The molecule has 1 aromatic rings. The zero-order chi connectivity index (χ0) is 16.1. The predicted molar refractivity (Wildman–Crippen MR) is 80.5 cm³/mol. The highest BCUT2D eigenvalue weighted by atomic mass is 16.4. The Bertz CT molecular complexity index is 577. The highest BCUT2D eigenvalue weighted by molar-refractivity contribution is 5.94. The molecule has 1 fully saturated rings. The van der Waals surface area contributed by atoms with Gasteiger partial charge in [-0.05, 0) is 19.1 Å². The normalized spacial score (nSPS) is 14.8. The van der Waals surface area contributed by atoms with Gasteiger partial charge in [-0.25, -0.2) is 0 Å². The molecule has 1 heterocycles. The maximum absolute atomic E-state index is 12.4. The Morgan fingerprint density at radius 2 is 1.68 bits per heavy atom. The van der Waals surface area contributed by atoms with Gasteiger partial charge in [-0.2, -0.15) is 0 Å². The van der Waals surface area contributed by atoms with Crippen LogP contribution in [-0.2, 0) is 9.59 Å². The summed E-state index contributed by atoms with van der Waals surface area (Å²) in [6.07, 6.45) is -0.136. The van der Waals surface area contributed by atoms with Crippen LogP contribution in [0.25, 0.3) is 0 Å². The Kier molecular flexibility index (Phi) is 5.14. The Morgan fingerprint density at radius 1 is 1.05 bits per heavy atom. The molecule has 2 amide bonds. The quantitative estimate of drug-likeness (QED) is 0.905. The van der Waals surface area contributed by atoms with Crippen molar-refractivity contribution in [2.75, 3.05) is 26.2 Å². The Labute approximate surface area is 129 Å². The summed E-state index contributed by atoms with van der Waals surface area (Å²) in [5.41, 5.74) is 1.69. The molecule has 0 spiro atoms. The first-order valence-electron chi connectivity index (χ1n) is 7.33. The van der Waals surface area contributed by atoms with Crippen molar-refractivity contribution in [2.24, 2.45) is 0 Å². The lowest BCUT2D eigenvalue weighted by Crippen LogP contribution is -2.50. The number of aryl methyl sites for hydroxylation is 1. The van der Waals surface area contributed by atoms with E-state index in [0.29, 0.717) is 31.7 Å². The number of carboxylic acid groups (broad SMARTS) is 1. The molecule has 1 aliphatic rings. The minimum Gasteiger partial charge on any atom is -0.481 e. The molecule has 22 heavy (non-hydrogen) atoms. The second-order valence-corrected chi connectivity index (χ2v) is 5.44. The Balaban J connectivity index is 1.88. The average Bonchev–Trinajstić information content (AvgIpc) is 2.52. The molecule has 118 valence electrons. The van der Waals surface area contributed by atoms with Crippen molar-refractivity contribution in [2.45, 2.75) is 19.8 Å². The number of carboxylic acids is 1. The molecule has 0 saturated carbocycles. The van der Waals surface area contributed by atoms with Crippen LogP contribution in [0.4, 0.5) is 0 Å². The largest absolute Gasteiger partial charge is 0.481 e. The molecule has 2 rings (SSSR count). The van der Waals surface area contributed by atoms with Gasteiger partial charge in [0, 0.05) is 38.2 Å². The van der Waals surface area contributed by atoms with Crippen molar-refractivity contribution in [3.8, 4) is 0 Å². The summed E-state index contributed by atoms with van der Waals surface area (Å²) in [4.78, 5) is 38.1. The minimum atomic E-state index is -0.971. The monoisotopic (exact) mass is 304 g/mol. The van der Waals surface area contributed by atoms with Crippen molar-refractivity contribution >= 4 is 17.8 Å². The molecule has 0 unspecified atom stereocenters. The maximum atomic E-state index is 12.4. The van der Waals surface area contributed by atoms with Crippen molar-refractivity contribution in [3.63, 3.8) is 0 Å². The molecular formula is C16H20N2O4. The number of amides is 2. The highest BCUT2D eigenvalue weighted by Crippen LogP contribution is 2.11. The molecule has 0 bridgehead atoms. The van der Waals surface area contributed by atoms with Crippen LogP contribution >= 0.6 is 0 Å². The number of carbonyl (C=O) groups is 3. The first kappa shape index (κ1) is 16.0. The smallest absolute Gasteiger partial charge is 0.303 e. The lowest BCUT2D eigenvalue weighted by atomic mass is 10.1. The molecule has 1 aromatic carbocycles. The van der Waals surface area contributed by atoms with Crippen LogP contribution in [0.15, 0.2) is 24.3 Å². The molecule has 6 nitrogen and oxygen atoms in total. The van der Waals surface area contributed by atoms with Gasteiger partial charge in [-0.1, -0.05) is 17.7 Å². The lowest BCUT2D eigenvalue weighted by Gasteiger charge is -2.34. The average molecular weight is 304 g/mol. The summed E-state index contributed by atoms with van der Waals surface area (Å²) in [5, 5.41) is 8.60. The third kappa shape index (κ3) is 4.07. The van der Waals surface area contributed by atoms with Gasteiger partial charge in [-0.3, -0.25) is 14.4 Å². The van der Waals surface area contributed by atoms with Crippen LogP contribution < -0.4 is 0 Å². The van der Waals surface area contributed by atoms with Gasteiger partial charge in [0.25, 0.3) is 5.91 Å². The standard InChI is InChI=1S/C16H20N2O4/c1-12-3-2-4-13(11-12)16(22)18-9-7-17(8-10-18)14(19)5-6-15(20)21/h2-4,11H,5-10H2,1H3,(H,20,21). The molecule has 0 radical (unpaired) electrons. The number of rotatable bonds is 4. The second kappa shape index (κ2) is 7.06. The summed E-state index contributed by atoms with van der Waals surface area (Å²) in [7, 11) is 0. The number of piperazine rings is 1. The van der Waals surface area contributed by atoms with Crippen LogP contribution in [0.2, 0.25) is 0 Å². The topological polar surface area (TPSA) is 77.9 Å². The van der Waals surface area contributed by atoms with E-state index < -0.39 is 5.97 Å². The van der Waals surface area contributed by atoms with Crippen molar-refractivity contribution in [1.29, 1.82) is 0 Å². The van der Waals surface area contributed by atoms with Gasteiger partial charge in [0.15, 0.2) is 0 Å². The van der Waals surface area contributed by atoms with E-state index in [9.17, 15) is 14.4 Å². The predicted octanol–water partition coefficient (Wildman–Crippen LogP) is 1.14. The van der Waals surface area contributed by atoms with Crippen LogP contribution in [0.5, 0.6) is 0 Å². The van der Waals surface area contributed by atoms with Gasteiger partial charge in [0.1, 0.15) is 0 Å². The number of hydrogen-bond donors (Lipinski definition) is 1. The summed E-state index contributed by atoms with van der Waals surface area (Å²) >= 11 is 0. The fourth-order valence-electron chi connectivity index (χ4n) is 2.49. The summed E-state index contributed by atoms with van der Waals surface area (Å²) in [5.74, 6) is -1.16. The van der Waals surface area contributed by atoms with Gasteiger partial charge in [0.05, 0.1) is 6.42 Å². The van der Waals surface area contributed by atoms with Crippen LogP contribution in [0.3, 0.4) is 0 Å². The van der Waals surface area contributed by atoms with Gasteiger partial charge in [-0.15, -0.1) is 0 Å². The summed E-state index contributed by atoms with van der Waals surface area (Å²) in [6.45, 7) is 3.80. The van der Waals surface area contributed by atoms with E-state index >= 15 is 0 Å². The van der Waals surface area contributed by atoms with Crippen LogP contribution in [0, 0.1) is 6.92 Å². The number of aliphatic carboxylic acids is 1. The molecule has 1 saturated heterocycles. The third-order valence-corrected chi connectivity index (χ3v) is 3.74. The number of carbonyl (C=O) groups excluding carboxylic acids is 2. The molecule has 1 N–H and O–H groups in total. The fraction of sp³-hybridized carbons (Fsp3) is 0.438. The zero-order valence-corrected chi connectivity index (χ0v) is 12.6. The van der Waals surface area contributed by atoms with E-state index in [-0.39, 0.29) is 24.7 Å². The van der Waals surface area contributed by atoms with Crippen LogP contribution in [-0.4, -0.2) is 58.9 Å². The lowest BCUT2D eigenvalue weighted by molar-refractivity contribution is -0.141. The van der Waals surface area contributed by atoms with E-state index in [0.717, 1.165) is 5.56 Å². The highest BCUT2D eigenvalue weighted by Gasteiger charge is 2.24. The molecule has 0 atom stereocenters. The number of hydrogen-bond acceptors (Lipinski definition) is 3. The molecule has 0 aromatic heterocycles. The molecule has 6 heteroatoms.